The molecule has 0 amide bonds. The van der Waals surface area contributed by atoms with Gasteiger partial charge in [0, 0.05) is 24.4 Å². The minimum absolute atomic E-state index is 0.377. The van der Waals surface area contributed by atoms with E-state index in [1.165, 1.54) is 29.7 Å². The maximum Gasteiger partial charge on any atom is 0.115 e. The second-order valence-electron chi connectivity index (χ2n) is 5.39. The molecule has 3 nitrogen and oxygen atoms in total. The summed E-state index contributed by atoms with van der Waals surface area (Å²) in [7, 11) is 0. The molecule has 0 spiro atoms. The predicted octanol–water partition coefficient (Wildman–Crippen LogP) is 3.37. The van der Waals surface area contributed by atoms with Crippen molar-refractivity contribution in [1.29, 1.82) is 0 Å². The minimum Gasteiger partial charge on any atom is -0.508 e. The van der Waals surface area contributed by atoms with Gasteiger partial charge >= 0.3 is 0 Å². The molecule has 0 saturated heterocycles. The summed E-state index contributed by atoms with van der Waals surface area (Å²) < 4.78 is 0. The molecule has 1 aromatic carbocycles. The zero-order valence-electron chi connectivity index (χ0n) is 11.7. The van der Waals surface area contributed by atoms with Crippen LogP contribution in [0.15, 0.2) is 23.6 Å². The number of thiazole rings is 1. The van der Waals surface area contributed by atoms with Gasteiger partial charge in [-0.25, -0.2) is 4.98 Å². The van der Waals surface area contributed by atoms with Crippen LogP contribution in [-0.2, 0) is 12.8 Å². The third-order valence-electron chi connectivity index (χ3n) is 3.88. The van der Waals surface area contributed by atoms with Crippen LogP contribution in [0.4, 0.5) is 0 Å². The van der Waals surface area contributed by atoms with Gasteiger partial charge in [-0.05, 0) is 49.4 Å². The van der Waals surface area contributed by atoms with Gasteiger partial charge in [-0.1, -0.05) is 6.07 Å². The van der Waals surface area contributed by atoms with Crippen LogP contribution in [0.25, 0.3) is 0 Å². The highest BCUT2D eigenvalue weighted by molar-refractivity contribution is 7.09. The quantitative estimate of drug-likeness (QED) is 0.906. The van der Waals surface area contributed by atoms with E-state index in [1.807, 2.05) is 13.0 Å². The first-order valence-corrected chi connectivity index (χ1v) is 8.06. The lowest BCUT2D eigenvalue weighted by atomic mass is 9.87. The molecular formula is C16H20N2OS. The van der Waals surface area contributed by atoms with Crippen molar-refractivity contribution in [2.75, 3.05) is 6.54 Å². The molecular weight excluding hydrogens is 268 g/mol. The van der Waals surface area contributed by atoms with Crippen molar-refractivity contribution >= 4 is 11.3 Å². The lowest BCUT2D eigenvalue weighted by molar-refractivity contribution is 0.451. The number of aromatic hydroxyl groups is 1. The number of phenolic OH excluding ortho intramolecular Hbond substituents is 1. The van der Waals surface area contributed by atoms with Crippen molar-refractivity contribution in [3.8, 4) is 5.75 Å². The molecule has 1 atom stereocenters. The van der Waals surface area contributed by atoms with Crippen LogP contribution in [-0.4, -0.2) is 16.6 Å². The number of nitrogens with one attached hydrogen (secondary N) is 1. The molecule has 0 radical (unpaired) electrons. The Hall–Kier alpha value is -1.39. The first kappa shape index (κ1) is 13.6. The number of hydrogen-bond acceptors (Lipinski definition) is 4. The molecule has 1 aliphatic rings. The van der Waals surface area contributed by atoms with Gasteiger partial charge in [0.1, 0.15) is 5.75 Å². The van der Waals surface area contributed by atoms with E-state index in [0.717, 1.165) is 24.4 Å². The first-order valence-electron chi connectivity index (χ1n) is 7.18. The molecule has 20 heavy (non-hydrogen) atoms. The molecule has 0 bridgehead atoms. The Labute approximate surface area is 123 Å². The molecule has 2 N–H and O–H groups in total. The van der Waals surface area contributed by atoms with Crippen molar-refractivity contribution in [2.24, 2.45) is 0 Å². The number of fused-ring (bicyclic) bond motifs is 1. The van der Waals surface area contributed by atoms with E-state index in [4.69, 9.17) is 0 Å². The van der Waals surface area contributed by atoms with Gasteiger partial charge in [-0.15, -0.1) is 11.3 Å². The molecule has 0 saturated carbocycles. The minimum atomic E-state index is 0.377. The number of aryl methyl sites for hydroxylation is 2. The van der Waals surface area contributed by atoms with E-state index in [0.29, 0.717) is 11.8 Å². The van der Waals surface area contributed by atoms with E-state index in [2.05, 4.69) is 21.7 Å². The SMILES string of the molecule is Cc1nc(CCNC2CCCc3cc(O)ccc32)cs1. The van der Waals surface area contributed by atoms with Crippen LogP contribution >= 0.6 is 11.3 Å². The zero-order chi connectivity index (χ0) is 13.9. The summed E-state index contributed by atoms with van der Waals surface area (Å²) >= 11 is 1.71. The molecule has 2 aromatic rings. The summed E-state index contributed by atoms with van der Waals surface area (Å²) in [4.78, 5) is 4.49. The highest BCUT2D eigenvalue weighted by Gasteiger charge is 2.19. The fourth-order valence-electron chi connectivity index (χ4n) is 2.91. The number of aromatic nitrogens is 1. The second kappa shape index (κ2) is 5.94. The first-order chi connectivity index (χ1) is 9.72. The van der Waals surface area contributed by atoms with Crippen LogP contribution in [0.5, 0.6) is 5.75 Å². The lowest BCUT2D eigenvalue weighted by Crippen LogP contribution is -2.27. The van der Waals surface area contributed by atoms with Crippen LogP contribution in [0.2, 0.25) is 0 Å². The van der Waals surface area contributed by atoms with Gasteiger partial charge < -0.3 is 10.4 Å². The van der Waals surface area contributed by atoms with Gasteiger partial charge in [0.2, 0.25) is 0 Å². The highest BCUT2D eigenvalue weighted by atomic mass is 32.1. The Kier molecular flexibility index (Phi) is 4.03. The monoisotopic (exact) mass is 288 g/mol. The molecule has 1 aromatic heterocycles. The summed E-state index contributed by atoms with van der Waals surface area (Å²) in [6.45, 7) is 3.00. The van der Waals surface area contributed by atoms with Crippen LogP contribution < -0.4 is 5.32 Å². The molecule has 1 aliphatic carbocycles. The fourth-order valence-corrected chi connectivity index (χ4v) is 3.56. The van der Waals surface area contributed by atoms with Crippen LogP contribution in [0.1, 0.15) is 40.7 Å². The second-order valence-corrected chi connectivity index (χ2v) is 6.45. The van der Waals surface area contributed by atoms with Gasteiger partial charge in [-0.2, -0.15) is 0 Å². The zero-order valence-corrected chi connectivity index (χ0v) is 12.5. The highest BCUT2D eigenvalue weighted by Crippen LogP contribution is 2.31. The maximum absolute atomic E-state index is 9.57. The van der Waals surface area contributed by atoms with Crippen molar-refractivity contribution in [2.45, 2.75) is 38.6 Å². The Morgan fingerprint density at radius 2 is 2.35 bits per heavy atom. The van der Waals surface area contributed by atoms with E-state index in [9.17, 15) is 5.11 Å². The van der Waals surface area contributed by atoms with Gasteiger partial charge in [0.15, 0.2) is 0 Å². The normalized spacial score (nSPS) is 17.9. The predicted molar refractivity (Wildman–Crippen MR) is 82.3 cm³/mol. The van der Waals surface area contributed by atoms with Crippen molar-refractivity contribution in [1.82, 2.24) is 10.3 Å². The number of hydrogen-bond donors (Lipinski definition) is 2. The van der Waals surface area contributed by atoms with Crippen molar-refractivity contribution in [3.63, 3.8) is 0 Å². The van der Waals surface area contributed by atoms with Gasteiger partial charge in [0.25, 0.3) is 0 Å². The molecule has 4 heteroatoms. The Balaban J connectivity index is 1.61. The summed E-state index contributed by atoms with van der Waals surface area (Å²) in [6, 6.07) is 6.18. The summed E-state index contributed by atoms with van der Waals surface area (Å²) in [5, 5.41) is 16.5. The third kappa shape index (κ3) is 3.02. The largest absolute Gasteiger partial charge is 0.508 e. The molecule has 1 heterocycles. The van der Waals surface area contributed by atoms with Crippen LogP contribution in [0, 0.1) is 6.92 Å². The Morgan fingerprint density at radius 1 is 1.45 bits per heavy atom. The standard InChI is InChI=1S/C16H20N2OS/c1-11-18-13(10-20-11)7-8-17-16-4-2-3-12-9-14(19)5-6-15(12)16/h5-6,9-10,16-17,19H,2-4,7-8H2,1H3. The van der Waals surface area contributed by atoms with Gasteiger partial charge in [-0.3, -0.25) is 0 Å². The smallest absolute Gasteiger partial charge is 0.115 e. The summed E-state index contributed by atoms with van der Waals surface area (Å²) in [5.41, 5.74) is 3.82. The van der Waals surface area contributed by atoms with Gasteiger partial charge in [0.05, 0.1) is 10.7 Å². The topological polar surface area (TPSA) is 45.2 Å². The molecule has 3 rings (SSSR count). The molecule has 106 valence electrons. The fraction of sp³-hybridized carbons (Fsp3) is 0.438. The average molecular weight is 288 g/mol. The number of benzene rings is 1. The van der Waals surface area contributed by atoms with E-state index in [1.54, 1.807) is 17.4 Å². The average Bonchev–Trinajstić information content (AvgIpc) is 2.84. The molecule has 1 unspecified atom stereocenters. The number of phenols is 1. The number of nitrogens with zero attached hydrogens (tertiary/aromatic N) is 1. The third-order valence-corrected chi connectivity index (χ3v) is 4.70. The summed E-state index contributed by atoms with van der Waals surface area (Å²) in [5.74, 6) is 0.377. The van der Waals surface area contributed by atoms with E-state index < -0.39 is 0 Å². The molecule has 0 aliphatic heterocycles. The Morgan fingerprint density at radius 3 is 3.15 bits per heavy atom. The number of rotatable bonds is 4. The Bertz CT molecular complexity index is 594. The molecule has 0 fully saturated rings. The summed E-state index contributed by atoms with van der Waals surface area (Å²) in [6.07, 6.45) is 4.42. The van der Waals surface area contributed by atoms with E-state index in [-0.39, 0.29) is 0 Å². The van der Waals surface area contributed by atoms with Crippen molar-refractivity contribution in [3.05, 3.63) is 45.4 Å². The van der Waals surface area contributed by atoms with Crippen LogP contribution in [0.3, 0.4) is 0 Å². The lowest BCUT2D eigenvalue weighted by Gasteiger charge is -2.26. The van der Waals surface area contributed by atoms with E-state index >= 15 is 0 Å². The maximum atomic E-state index is 9.57. The van der Waals surface area contributed by atoms with Crippen molar-refractivity contribution < 1.29 is 5.11 Å².